The molecule has 0 aromatic heterocycles. The summed E-state index contributed by atoms with van der Waals surface area (Å²) < 4.78 is 0. The van der Waals surface area contributed by atoms with Crippen LogP contribution in [0.4, 0.5) is 0 Å². The normalized spacial score (nSPS) is 39.5. The second-order valence-corrected chi connectivity index (χ2v) is 4.51. The summed E-state index contributed by atoms with van der Waals surface area (Å²) in [7, 11) is 0. The van der Waals surface area contributed by atoms with Crippen LogP contribution in [0.5, 0.6) is 0 Å². The lowest BCUT2D eigenvalue weighted by Gasteiger charge is -2.47. The summed E-state index contributed by atoms with van der Waals surface area (Å²) in [5, 5.41) is 3.55. The highest BCUT2D eigenvalue weighted by Crippen LogP contribution is 2.24. The summed E-state index contributed by atoms with van der Waals surface area (Å²) >= 11 is 0. The molecule has 0 saturated carbocycles. The summed E-state index contributed by atoms with van der Waals surface area (Å²) in [5.74, 6) is 0.944. The van der Waals surface area contributed by atoms with E-state index in [4.69, 9.17) is 0 Å². The summed E-state index contributed by atoms with van der Waals surface area (Å²) in [6.07, 6.45) is 2.76. The zero-order valence-electron chi connectivity index (χ0n) is 8.21. The molecule has 0 spiro atoms. The first-order valence-corrected chi connectivity index (χ1v) is 5.25. The van der Waals surface area contributed by atoms with Crippen molar-refractivity contribution in [2.75, 3.05) is 19.6 Å². The fraction of sp³-hybridized carbons (Fsp3) is 1.00. The number of hydrogen-bond acceptors (Lipinski definition) is 2. The van der Waals surface area contributed by atoms with Crippen molar-refractivity contribution in [3.8, 4) is 0 Å². The molecule has 2 nitrogen and oxygen atoms in total. The first-order chi connectivity index (χ1) is 5.77. The van der Waals surface area contributed by atoms with E-state index in [0.29, 0.717) is 6.04 Å². The maximum absolute atomic E-state index is 3.55. The van der Waals surface area contributed by atoms with Crippen molar-refractivity contribution < 1.29 is 0 Å². The third-order valence-electron chi connectivity index (χ3n) is 3.28. The Bertz CT molecular complexity index is 152. The Kier molecular flexibility index (Phi) is 2.37. The summed E-state index contributed by atoms with van der Waals surface area (Å²) in [6, 6.07) is 1.54. The monoisotopic (exact) mass is 168 g/mol. The van der Waals surface area contributed by atoms with Crippen molar-refractivity contribution in [2.24, 2.45) is 5.92 Å². The largest absolute Gasteiger partial charge is 0.313 e. The van der Waals surface area contributed by atoms with Crippen molar-refractivity contribution >= 4 is 0 Å². The molecule has 2 fully saturated rings. The van der Waals surface area contributed by atoms with Gasteiger partial charge in [-0.3, -0.25) is 4.90 Å². The lowest BCUT2D eigenvalue weighted by Crippen LogP contribution is -2.59. The molecule has 1 N–H and O–H groups in total. The zero-order valence-corrected chi connectivity index (χ0v) is 8.21. The highest BCUT2D eigenvalue weighted by atomic mass is 15.2. The Morgan fingerprint density at radius 1 is 1.25 bits per heavy atom. The van der Waals surface area contributed by atoms with E-state index in [1.165, 1.54) is 32.5 Å². The first kappa shape index (κ1) is 8.52. The van der Waals surface area contributed by atoms with Gasteiger partial charge in [-0.05, 0) is 32.2 Å². The number of hydrogen-bond donors (Lipinski definition) is 1. The van der Waals surface area contributed by atoms with Gasteiger partial charge in [-0.1, -0.05) is 6.92 Å². The molecule has 2 rings (SSSR count). The predicted molar refractivity (Wildman–Crippen MR) is 51.2 cm³/mol. The molecular weight excluding hydrogens is 148 g/mol. The highest BCUT2D eigenvalue weighted by Gasteiger charge is 2.33. The molecule has 0 radical (unpaired) electrons. The molecule has 12 heavy (non-hydrogen) atoms. The quantitative estimate of drug-likeness (QED) is 0.630. The van der Waals surface area contributed by atoms with Gasteiger partial charge in [-0.25, -0.2) is 0 Å². The zero-order chi connectivity index (χ0) is 8.55. The lowest BCUT2D eigenvalue weighted by atomic mass is 9.92. The van der Waals surface area contributed by atoms with Crippen molar-refractivity contribution in [1.82, 2.24) is 10.2 Å². The van der Waals surface area contributed by atoms with Gasteiger partial charge >= 0.3 is 0 Å². The second kappa shape index (κ2) is 3.35. The van der Waals surface area contributed by atoms with E-state index in [9.17, 15) is 0 Å². The number of likely N-dealkylation sites (tertiary alicyclic amines) is 1. The molecule has 2 atom stereocenters. The summed E-state index contributed by atoms with van der Waals surface area (Å²) in [5.41, 5.74) is 0. The Morgan fingerprint density at radius 2 is 2.00 bits per heavy atom. The molecule has 2 unspecified atom stereocenters. The average molecular weight is 168 g/mol. The lowest BCUT2D eigenvalue weighted by molar-refractivity contribution is 0.0320. The first-order valence-electron chi connectivity index (χ1n) is 5.25. The van der Waals surface area contributed by atoms with Gasteiger partial charge in [-0.2, -0.15) is 0 Å². The maximum atomic E-state index is 3.55. The van der Waals surface area contributed by atoms with E-state index in [1.54, 1.807) is 0 Å². The molecule has 2 aliphatic rings. The van der Waals surface area contributed by atoms with E-state index in [2.05, 4.69) is 24.1 Å². The smallest absolute Gasteiger partial charge is 0.0247 e. The number of nitrogens with zero attached hydrogens (tertiary/aromatic N) is 1. The van der Waals surface area contributed by atoms with E-state index in [1.807, 2.05) is 0 Å². The van der Waals surface area contributed by atoms with Crippen LogP contribution in [0.3, 0.4) is 0 Å². The Morgan fingerprint density at radius 3 is 2.58 bits per heavy atom. The molecule has 0 amide bonds. The van der Waals surface area contributed by atoms with Gasteiger partial charge in [0, 0.05) is 25.2 Å². The van der Waals surface area contributed by atoms with E-state index in [-0.39, 0.29) is 0 Å². The van der Waals surface area contributed by atoms with Crippen LogP contribution in [-0.2, 0) is 0 Å². The molecule has 70 valence electrons. The van der Waals surface area contributed by atoms with Crippen LogP contribution in [0.1, 0.15) is 26.7 Å². The van der Waals surface area contributed by atoms with E-state index >= 15 is 0 Å². The van der Waals surface area contributed by atoms with Crippen LogP contribution in [0, 0.1) is 5.92 Å². The molecule has 0 aliphatic carbocycles. The number of nitrogens with one attached hydrogen (secondary N) is 1. The Balaban J connectivity index is 1.85. The van der Waals surface area contributed by atoms with Crippen molar-refractivity contribution in [1.29, 1.82) is 0 Å². The van der Waals surface area contributed by atoms with Crippen LogP contribution >= 0.6 is 0 Å². The topological polar surface area (TPSA) is 15.3 Å². The van der Waals surface area contributed by atoms with Crippen LogP contribution in [0.25, 0.3) is 0 Å². The summed E-state index contributed by atoms with van der Waals surface area (Å²) in [4.78, 5) is 2.64. The standard InChI is InChI=1S/C10H20N2/c1-8-6-12(7-8)10-4-3-5-11-9(10)2/h8-11H,3-7H2,1-2H3. The third-order valence-corrected chi connectivity index (χ3v) is 3.28. The minimum Gasteiger partial charge on any atom is -0.313 e. The fourth-order valence-corrected chi connectivity index (χ4v) is 2.54. The maximum Gasteiger partial charge on any atom is 0.0247 e. The molecule has 0 bridgehead atoms. The number of rotatable bonds is 1. The second-order valence-electron chi connectivity index (χ2n) is 4.51. The van der Waals surface area contributed by atoms with Gasteiger partial charge in [0.1, 0.15) is 0 Å². The van der Waals surface area contributed by atoms with E-state index < -0.39 is 0 Å². The SMILES string of the molecule is CC1CN(C2CCCNC2C)C1. The molecule has 2 heteroatoms. The van der Waals surface area contributed by atoms with Crippen LogP contribution in [0.15, 0.2) is 0 Å². The Labute approximate surface area is 75.3 Å². The Hall–Kier alpha value is -0.0800. The van der Waals surface area contributed by atoms with E-state index in [0.717, 1.165) is 12.0 Å². The summed E-state index contributed by atoms with van der Waals surface area (Å²) in [6.45, 7) is 8.55. The average Bonchev–Trinajstić information content (AvgIpc) is 2.01. The predicted octanol–water partition coefficient (Wildman–Crippen LogP) is 1.08. The number of piperidine rings is 1. The molecule has 0 aromatic rings. The third kappa shape index (κ3) is 1.50. The molecule has 2 saturated heterocycles. The van der Waals surface area contributed by atoms with Crippen LogP contribution < -0.4 is 5.32 Å². The minimum absolute atomic E-state index is 0.714. The molecular formula is C10H20N2. The van der Waals surface area contributed by atoms with Crippen molar-refractivity contribution in [2.45, 2.75) is 38.8 Å². The van der Waals surface area contributed by atoms with Crippen LogP contribution in [-0.4, -0.2) is 36.6 Å². The van der Waals surface area contributed by atoms with Crippen molar-refractivity contribution in [3.05, 3.63) is 0 Å². The van der Waals surface area contributed by atoms with Gasteiger partial charge in [0.2, 0.25) is 0 Å². The van der Waals surface area contributed by atoms with Gasteiger partial charge in [0.25, 0.3) is 0 Å². The van der Waals surface area contributed by atoms with Crippen molar-refractivity contribution in [3.63, 3.8) is 0 Å². The fourth-order valence-electron chi connectivity index (χ4n) is 2.54. The molecule has 2 heterocycles. The molecule has 0 aromatic carbocycles. The van der Waals surface area contributed by atoms with Crippen LogP contribution in [0.2, 0.25) is 0 Å². The van der Waals surface area contributed by atoms with Gasteiger partial charge < -0.3 is 5.32 Å². The highest BCUT2D eigenvalue weighted by molar-refractivity contribution is 4.90. The van der Waals surface area contributed by atoms with Gasteiger partial charge in [0.05, 0.1) is 0 Å². The van der Waals surface area contributed by atoms with Gasteiger partial charge in [0.15, 0.2) is 0 Å². The van der Waals surface area contributed by atoms with Gasteiger partial charge in [-0.15, -0.1) is 0 Å². The molecule has 2 aliphatic heterocycles. The minimum atomic E-state index is 0.714.